The van der Waals surface area contributed by atoms with Gasteiger partial charge in [-0.15, -0.1) is 0 Å². The molecule has 3 aliphatic rings. The first-order valence-electron chi connectivity index (χ1n) is 22.9. The molecule has 67 heavy (non-hydrogen) atoms. The summed E-state index contributed by atoms with van der Waals surface area (Å²) in [4.78, 5) is 29.3. The van der Waals surface area contributed by atoms with Crippen molar-refractivity contribution in [2.75, 3.05) is 33.7 Å². The Balaban J connectivity index is 0.000000222. The van der Waals surface area contributed by atoms with Crippen molar-refractivity contribution < 1.29 is 44.3 Å². The van der Waals surface area contributed by atoms with Crippen molar-refractivity contribution >= 4 is 52.0 Å². The first kappa shape index (κ1) is 55.8. The van der Waals surface area contributed by atoms with Gasteiger partial charge in [-0.2, -0.15) is 0 Å². The number of hydrogen-bond donors (Lipinski definition) is 3. The number of likely N-dealkylation sites (tertiary alicyclic amines) is 2. The molecule has 0 bridgehead atoms. The third-order valence-corrected chi connectivity index (χ3v) is 16.0. The Morgan fingerprint density at radius 3 is 1.21 bits per heavy atom. The van der Waals surface area contributed by atoms with Gasteiger partial charge in [0.1, 0.15) is 11.2 Å². The summed E-state index contributed by atoms with van der Waals surface area (Å²) in [5.74, 6) is 1.54. The van der Waals surface area contributed by atoms with E-state index in [1.54, 1.807) is 58.3 Å². The van der Waals surface area contributed by atoms with E-state index < -0.39 is 40.3 Å². The number of halogens is 1. The second-order valence-corrected chi connectivity index (χ2v) is 26.2. The molecule has 3 fully saturated rings. The van der Waals surface area contributed by atoms with Crippen LogP contribution in [0, 0.1) is 17.8 Å². The molecule has 374 valence electrons. The van der Waals surface area contributed by atoms with E-state index in [0.717, 1.165) is 61.3 Å². The second-order valence-electron chi connectivity index (χ2n) is 19.9. The summed E-state index contributed by atoms with van der Waals surface area (Å²) < 4.78 is 85.4. The van der Waals surface area contributed by atoms with Crippen LogP contribution in [0.1, 0.15) is 136 Å². The smallest absolute Gasteiger partial charge is 0.410 e. The molecule has 3 heterocycles. The van der Waals surface area contributed by atoms with Gasteiger partial charge in [-0.05, 0) is 172 Å². The first-order chi connectivity index (χ1) is 31.0. The molecule has 3 aliphatic heterocycles. The molecule has 6 atom stereocenters. The number of carbonyl (C=O) groups is 2. The highest BCUT2D eigenvalue weighted by Gasteiger charge is 2.35. The minimum Gasteiger partial charge on any atom is -0.444 e. The molecule has 3 aromatic carbocycles. The number of hydrogen-bond acceptors (Lipinski definition) is 11. The number of ether oxygens (including phenoxy) is 2. The molecule has 3 aromatic rings. The average Bonchev–Trinajstić information content (AvgIpc) is 3.26. The summed E-state index contributed by atoms with van der Waals surface area (Å²) in [6.07, 6.45) is 5.32. The molecule has 0 saturated carbocycles. The van der Waals surface area contributed by atoms with E-state index in [2.05, 4.69) is 35.5 Å². The van der Waals surface area contributed by atoms with Gasteiger partial charge in [0.25, 0.3) is 9.05 Å². The maximum atomic E-state index is 12.6. The first-order valence-corrected chi connectivity index (χ1v) is 28.2. The Bertz CT molecular complexity index is 2430. The van der Waals surface area contributed by atoms with Gasteiger partial charge in [0.2, 0.25) is 20.0 Å². The molecule has 0 aliphatic carbocycles. The molecule has 3 N–H and O–H groups in total. The monoisotopic (exact) mass is 1010 g/mol. The van der Waals surface area contributed by atoms with Crippen LogP contribution >= 0.6 is 10.7 Å². The van der Waals surface area contributed by atoms with E-state index in [4.69, 9.17) is 20.2 Å². The van der Waals surface area contributed by atoms with Crippen LogP contribution in [0.4, 0.5) is 9.59 Å². The highest BCUT2D eigenvalue weighted by Crippen LogP contribution is 2.37. The Kier molecular flexibility index (Phi) is 19.3. The van der Waals surface area contributed by atoms with E-state index >= 15 is 0 Å². The average molecular weight is 1010 g/mol. The van der Waals surface area contributed by atoms with E-state index in [0.29, 0.717) is 35.9 Å². The predicted molar refractivity (Wildman–Crippen MR) is 262 cm³/mol. The molecule has 19 heteroatoms. The summed E-state index contributed by atoms with van der Waals surface area (Å²) in [7, 11) is -2.37. The van der Waals surface area contributed by atoms with Crippen LogP contribution in [0.2, 0.25) is 0 Å². The lowest BCUT2D eigenvalue weighted by atomic mass is 9.90. The van der Waals surface area contributed by atoms with E-state index in [-0.39, 0.29) is 34.1 Å². The topological polar surface area (TPSA) is 198 Å². The van der Waals surface area contributed by atoms with Crippen molar-refractivity contribution in [2.45, 2.75) is 145 Å². The largest absolute Gasteiger partial charge is 0.444 e. The fourth-order valence-electron chi connectivity index (χ4n) is 8.16. The normalized spacial score (nSPS) is 22.9. The molecule has 0 spiro atoms. The lowest BCUT2D eigenvalue weighted by Gasteiger charge is -2.39. The van der Waals surface area contributed by atoms with Crippen molar-refractivity contribution in [1.82, 2.24) is 24.6 Å². The molecule has 0 radical (unpaired) electrons. The van der Waals surface area contributed by atoms with Crippen molar-refractivity contribution in [2.24, 2.45) is 17.8 Å². The highest BCUT2D eigenvalue weighted by molar-refractivity contribution is 8.13. The minimum absolute atomic E-state index is 0.0564. The highest BCUT2D eigenvalue weighted by atomic mass is 35.7. The summed E-state index contributed by atoms with van der Waals surface area (Å²) in [6, 6.07) is 20.4. The molecular formula is C48H72ClN5O10S3. The van der Waals surface area contributed by atoms with Crippen LogP contribution in [0.25, 0.3) is 0 Å². The zero-order chi connectivity index (χ0) is 50.1. The van der Waals surface area contributed by atoms with Crippen molar-refractivity contribution in [3.05, 3.63) is 89.5 Å². The fourth-order valence-corrected chi connectivity index (χ4v) is 10.4. The molecule has 0 aromatic heterocycles. The van der Waals surface area contributed by atoms with Crippen LogP contribution in [-0.4, -0.2) is 92.2 Å². The van der Waals surface area contributed by atoms with Gasteiger partial charge in [-0.25, -0.2) is 44.3 Å². The van der Waals surface area contributed by atoms with Gasteiger partial charge in [0, 0.05) is 29.8 Å². The molecule has 2 amide bonds. The number of nitrogens with zero attached hydrogens (tertiary/aromatic N) is 2. The number of amides is 2. The Morgan fingerprint density at radius 1 is 0.552 bits per heavy atom. The van der Waals surface area contributed by atoms with Gasteiger partial charge in [-0.3, -0.25) is 0 Å². The van der Waals surface area contributed by atoms with Gasteiger partial charge in [0.15, 0.2) is 0 Å². The van der Waals surface area contributed by atoms with Crippen molar-refractivity contribution in [3.63, 3.8) is 0 Å². The number of carbonyl (C=O) groups excluding carboxylic acids is 2. The molecule has 6 rings (SSSR count). The number of nitrogens with one attached hydrogen (secondary N) is 3. The van der Waals surface area contributed by atoms with E-state index in [9.17, 15) is 34.8 Å². The fraction of sp³-hybridized carbons (Fsp3) is 0.583. The van der Waals surface area contributed by atoms with Crippen molar-refractivity contribution in [3.8, 4) is 0 Å². The Morgan fingerprint density at radius 2 is 0.896 bits per heavy atom. The number of sulfonamides is 2. The summed E-state index contributed by atoms with van der Waals surface area (Å²) >= 11 is 0. The quantitative estimate of drug-likeness (QED) is 0.182. The number of rotatable bonds is 8. The third kappa shape index (κ3) is 16.7. The maximum absolute atomic E-state index is 12.6. The third-order valence-electron chi connectivity index (χ3n) is 11.8. The number of benzene rings is 3. The lowest BCUT2D eigenvalue weighted by Crippen LogP contribution is -2.44. The maximum Gasteiger partial charge on any atom is 0.410 e. The van der Waals surface area contributed by atoms with Crippen LogP contribution in [0.3, 0.4) is 0 Å². The molecule has 3 saturated heterocycles. The minimum atomic E-state index is -3.75. The molecule has 15 nitrogen and oxygen atoms in total. The molecule has 0 unspecified atom stereocenters. The number of piperidine rings is 3. The van der Waals surface area contributed by atoms with Crippen molar-refractivity contribution in [1.29, 1.82) is 0 Å². The van der Waals surface area contributed by atoms with Gasteiger partial charge in [0.05, 0.1) is 26.8 Å². The predicted octanol–water partition coefficient (Wildman–Crippen LogP) is 9.28. The molecular weight excluding hydrogens is 938 g/mol. The summed E-state index contributed by atoms with van der Waals surface area (Å²) in [5.41, 5.74) is 1.87. The lowest BCUT2D eigenvalue weighted by molar-refractivity contribution is 0.00276. The SMILES string of the molecule is CNS(=O)(=O)c1ccc([C@H]2CC[C@H](C)CN2)cc1.CNS(=O)(=O)c1ccc([C@H]2CC[C@H](C)CN2C(=O)OC(C)(C)C)cc1.C[C@H]1CC[C@H](c2ccc(S(=O)(=O)Cl)cc2)N(C(=O)OC(C)(C)C)C1. The van der Waals surface area contributed by atoms with Gasteiger partial charge >= 0.3 is 12.2 Å². The van der Waals surface area contributed by atoms with Crippen LogP contribution in [0.15, 0.2) is 87.5 Å². The summed E-state index contributed by atoms with van der Waals surface area (Å²) in [5, 5.41) is 3.49. The Labute approximate surface area is 404 Å². The van der Waals surface area contributed by atoms with Gasteiger partial charge < -0.3 is 24.6 Å². The standard InChI is InChI=1S/C18H28N2O4S.C17H24ClNO4S.C13H20N2O2S/c1-13-6-11-16(20(12-13)17(21)24-18(2,3)4)14-7-9-15(10-8-14)25(22,23)19-5;1-12-5-10-15(19(11-12)16(20)23-17(2,3)4)13-6-8-14(9-7-13)24(18,21)22;1-10-3-8-13(15-9-10)11-4-6-12(7-5-11)18(16,17)14-2/h7-10,13,16,19H,6,11-12H2,1-5H3;6-9,12,15H,5,10-11H2,1-4H3;4-7,10,13-15H,3,8-9H2,1-2H3/t13-,16+;12-,15+;10-,13+/m000/s1. The zero-order valence-electron chi connectivity index (χ0n) is 40.8. The zero-order valence-corrected chi connectivity index (χ0v) is 44.0. The van der Waals surface area contributed by atoms with E-state index in [1.807, 2.05) is 53.7 Å². The van der Waals surface area contributed by atoms with Gasteiger partial charge in [-0.1, -0.05) is 57.2 Å². The van der Waals surface area contributed by atoms with Crippen LogP contribution in [0.5, 0.6) is 0 Å². The van der Waals surface area contributed by atoms with E-state index in [1.165, 1.54) is 32.6 Å². The second kappa shape index (κ2) is 23.2. The van der Waals surface area contributed by atoms with Crippen LogP contribution < -0.4 is 14.8 Å². The van der Waals surface area contributed by atoms with Crippen LogP contribution in [-0.2, 0) is 38.6 Å². The Hall–Kier alpha value is -3.78. The summed E-state index contributed by atoms with van der Waals surface area (Å²) in [6.45, 7) is 19.8.